The van der Waals surface area contributed by atoms with Gasteiger partial charge in [0.05, 0.1) is 16.3 Å². The number of anilines is 1. The predicted molar refractivity (Wildman–Crippen MR) is 99.6 cm³/mol. The first kappa shape index (κ1) is 19.0. The van der Waals surface area contributed by atoms with Crippen molar-refractivity contribution in [3.8, 4) is 5.69 Å². The zero-order valence-electron chi connectivity index (χ0n) is 15.2. The van der Waals surface area contributed by atoms with Crippen LogP contribution in [-0.4, -0.2) is 28.6 Å². The summed E-state index contributed by atoms with van der Waals surface area (Å²) in [5.41, 5.74) is 1.32. The normalized spacial score (nSPS) is 11.7. The van der Waals surface area contributed by atoms with E-state index in [9.17, 15) is 12.8 Å². The van der Waals surface area contributed by atoms with Crippen LogP contribution in [0.2, 0.25) is 0 Å². The largest absolute Gasteiger partial charge is 0.277 e. The Bertz CT molecular complexity index is 1050. The molecule has 0 saturated heterocycles. The average molecular weight is 389 g/mol. The van der Waals surface area contributed by atoms with Gasteiger partial charge in [0, 0.05) is 0 Å². The Hall–Kier alpha value is -2.81. The summed E-state index contributed by atoms with van der Waals surface area (Å²) >= 11 is 0. The van der Waals surface area contributed by atoms with E-state index in [1.807, 2.05) is 0 Å². The lowest BCUT2D eigenvalue weighted by Gasteiger charge is -2.12. The molecule has 2 aromatic carbocycles. The fraction of sp³-hybridized carbons (Fsp3) is 0.278. The molecule has 1 heterocycles. The molecule has 0 atom stereocenters. The molecule has 0 saturated carbocycles. The van der Waals surface area contributed by atoms with Gasteiger partial charge in [0.15, 0.2) is 5.82 Å². The number of halogens is 1. The Morgan fingerprint density at radius 1 is 1.15 bits per heavy atom. The van der Waals surface area contributed by atoms with Crippen LogP contribution in [0.4, 0.5) is 10.1 Å². The Kier molecular flexibility index (Phi) is 5.22. The molecule has 0 bridgehead atoms. The van der Waals surface area contributed by atoms with E-state index in [0.29, 0.717) is 17.4 Å². The van der Waals surface area contributed by atoms with Crippen molar-refractivity contribution in [2.24, 2.45) is 5.92 Å². The molecule has 0 aliphatic carbocycles. The summed E-state index contributed by atoms with van der Waals surface area (Å²) in [6.45, 7) is 5.87. The molecule has 3 rings (SSSR count). The van der Waals surface area contributed by atoms with Gasteiger partial charge < -0.3 is 0 Å². The zero-order valence-corrected chi connectivity index (χ0v) is 16.0. The highest BCUT2D eigenvalue weighted by molar-refractivity contribution is 7.92. The van der Waals surface area contributed by atoms with E-state index < -0.39 is 15.8 Å². The number of hydrogen-bond acceptors (Lipinski definition) is 5. The van der Waals surface area contributed by atoms with Crippen molar-refractivity contribution < 1.29 is 12.8 Å². The molecule has 9 heteroatoms. The van der Waals surface area contributed by atoms with Gasteiger partial charge in [-0.1, -0.05) is 26.0 Å². The van der Waals surface area contributed by atoms with Crippen molar-refractivity contribution in [1.29, 1.82) is 0 Å². The van der Waals surface area contributed by atoms with Crippen molar-refractivity contribution in [2.45, 2.75) is 32.1 Å². The van der Waals surface area contributed by atoms with Crippen LogP contribution in [0.5, 0.6) is 0 Å². The lowest BCUT2D eigenvalue weighted by molar-refractivity contribution is 0.598. The first-order valence-electron chi connectivity index (χ1n) is 8.43. The van der Waals surface area contributed by atoms with Crippen LogP contribution in [0.15, 0.2) is 47.4 Å². The number of benzene rings is 2. The van der Waals surface area contributed by atoms with Gasteiger partial charge in [-0.3, -0.25) is 4.72 Å². The lowest BCUT2D eigenvalue weighted by Crippen LogP contribution is -2.14. The van der Waals surface area contributed by atoms with Crippen LogP contribution >= 0.6 is 0 Å². The molecule has 0 amide bonds. The van der Waals surface area contributed by atoms with E-state index in [1.165, 1.54) is 35.0 Å². The number of hydrogen-bond donors (Lipinski definition) is 1. The van der Waals surface area contributed by atoms with E-state index in [-0.39, 0.29) is 10.6 Å². The monoisotopic (exact) mass is 389 g/mol. The van der Waals surface area contributed by atoms with Crippen molar-refractivity contribution in [2.75, 3.05) is 4.72 Å². The quantitative estimate of drug-likeness (QED) is 0.700. The molecule has 7 nitrogen and oxygen atoms in total. The third-order valence-electron chi connectivity index (χ3n) is 3.94. The average Bonchev–Trinajstić information content (AvgIpc) is 3.03. The van der Waals surface area contributed by atoms with Gasteiger partial charge in [-0.25, -0.2) is 12.8 Å². The summed E-state index contributed by atoms with van der Waals surface area (Å²) in [5, 5.41) is 11.1. The third-order valence-corrected chi connectivity index (χ3v) is 5.32. The second kappa shape index (κ2) is 7.43. The summed E-state index contributed by atoms with van der Waals surface area (Å²) in [5.74, 6) is 0.276. The second-order valence-electron chi connectivity index (χ2n) is 6.65. The van der Waals surface area contributed by atoms with Crippen LogP contribution in [0.3, 0.4) is 0 Å². The van der Waals surface area contributed by atoms with Crippen LogP contribution in [-0.2, 0) is 16.4 Å². The number of aromatic nitrogens is 4. The van der Waals surface area contributed by atoms with Gasteiger partial charge in [0.25, 0.3) is 10.0 Å². The zero-order chi connectivity index (χ0) is 19.6. The second-order valence-corrected chi connectivity index (χ2v) is 8.33. The van der Waals surface area contributed by atoms with Crippen molar-refractivity contribution in [3.05, 3.63) is 59.7 Å². The summed E-state index contributed by atoms with van der Waals surface area (Å²) in [6.07, 6.45) is 0.857. The highest BCUT2D eigenvalue weighted by Crippen LogP contribution is 2.23. The van der Waals surface area contributed by atoms with Crippen molar-refractivity contribution >= 4 is 15.7 Å². The number of sulfonamides is 1. The first-order valence-corrected chi connectivity index (χ1v) is 9.91. The smallest absolute Gasteiger partial charge is 0.261 e. The van der Waals surface area contributed by atoms with Crippen LogP contribution in [0, 0.1) is 18.7 Å². The van der Waals surface area contributed by atoms with E-state index >= 15 is 0 Å². The highest BCUT2D eigenvalue weighted by atomic mass is 32.2. The fourth-order valence-electron chi connectivity index (χ4n) is 2.67. The summed E-state index contributed by atoms with van der Waals surface area (Å²) in [6, 6.07) is 10.6. The summed E-state index contributed by atoms with van der Waals surface area (Å²) in [7, 11) is -3.93. The third kappa shape index (κ3) is 4.30. The maximum absolute atomic E-state index is 14.2. The highest BCUT2D eigenvalue weighted by Gasteiger charge is 2.17. The number of nitrogens with zero attached hydrogens (tertiary/aromatic N) is 4. The van der Waals surface area contributed by atoms with E-state index in [0.717, 1.165) is 12.0 Å². The lowest BCUT2D eigenvalue weighted by atomic mass is 10.0. The maximum Gasteiger partial charge on any atom is 0.261 e. The minimum absolute atomic E-state index is 0.0680. The van der Waals surface area contributed by atoms with E-state index in [4.69, 9.17) is 0 Å². The van der Waals surface area contributed by atoms with Crippen LogP contribution in [0.1, 0.15) is 25.2 Å². The fourth-order valence-corrected chi connectivity index (χ4v) is 3.73. The van der Waals surface area contributed by atoms with E-state index in [2.05, 4.69) is 34.1 Å². The predicted octanol–water partition coefficient (Wildman–Crippen LogP) is 3.11. The van der Waals surface area contributed by atoms with Crippen LogP contribution < -0.4 is 4.72 Å². The van der Waals surface area contributed by atoms with Gasteiger partial charge >= 0.3 is 0 Å². The number of tetrazole rings is 1. The minimum Gasteiger partial charge on any atom is -0.277 e. The van der Waals surface area contributed by atoms with Gasteiger partial charge in [-0.05, 0) is 65.6 Å². The molecule has 0 unspecified atom stereocenters. The molecule has 0 radical (unpaired) electrons. The Morgan fingerprint density at radius 2 is 1.85 bits per heavy atom. The van der Waals surface area contributed by atoms with Crippen molar-refractivity contribution in [3.63, 3.8) is 0 Å². The molecule has 0 fully saturated rings. The first-order chi connectivity index (χ1) is 12.8. The Balaban J connectivity index is 1.88. The summed E-state index contributed by atoms with van der Waals surface area (Å²) in [4.78, 5) is 0.0680. The molecule has 0 spiro atoms. The van der Waals surface area contributed by atoms with Gasteiger partial charge in [0.2, 0.25) is 0 Å². The molecule has 3 aromatic rings. The topological polar surface area (TPSA) is 89.8 Å². The maximum atomic E-state index is 14.2. The van der Waals surface area contributed by atoms with Gasteiger partial charge in [-0.2, -0.15) is 4.68 Å². The van der Waals surface area contributed by atoms with Crippen molar-refractivity contribution in [1.82, 2.24) is 20.2 Å². The molecular weight excluding hydrogens is 369 g/mol. The SMILES string of the molecule is Cc1nnnn1-c1ccc(F)c(NS(=O)(=O)c2ccc(CC(C)C)cc2)c1. The molecule has 1 N–H and O–H groups in total. The minimum atomic E-state index is -3.93. The van der Waals surface area contributed by atoms with Gasteiger partial charge in [-0.15, -0.1) is 5.10 Å². The summed E-state index contributed by atoms with van der Waals surface area (Å²) < 4.78 is 43.1. The van der Waals surface area contributed by atoms with Gasteiger partial charge in [0.1, 0.15) is 5.82 Å². The Morgan fingerprint density at radius 3 is 2.44 bits per heavy atom. The molecule has 0 aliphatic rings. The molecule has 1 aromatic heterocycles. The number of rotatable bonds is 6. The molecule has 142 valence electrons. The standard InChI is InChI=1S/C18H20FN5O2S/c1-12(2)10-14-4-7-16(8-5-14)27(25,26)21-18-11-15(6-9-17(18)19)24-13(3)20-22-23-24/h4-9,11-12,21H,10H2,1-3H3. The molecule has 27 heavy (non-hydrogen) atoms. The van der Waals surface area contributed by atoms with Crippen LogP contribution in [0.25, 0.3) is 5.69 Å². The van der Waals surface area contributed by atoms with E-state index in [1.54, 1.807) is 19.1 Å². The molecular formula is C18H20FN5O2S. The molecule has 0 aliphatic heterocycles. The number of nitrogens with one attached hydrogen (secondary N) is 1. The number of aryl methyl sites for hydroxylation is 1. The Labute approximate surface area is 157 Å².